The lowest BCUT2D eigenvalue weighted by atomic mass is 9.93. The SMILES string of the molecule is CNCCC1CCN(CC(=O)Nc2cc(C)nn2C)CC1.Cl.Cl. The van der Waals surface area contributed by atoms with Gasteiger partial charge in [0.05, 0.1) is 12.2 Å². The maximum absolute atomic E-state index is 12.1. The summed E-state index contributed by atoms with van der Waals surface area (Å²) in [5, 5.41) is 10.4. The van der Waals surface area contributed by atoms with E-state index in [2.05, 4.69) is 20.6 Å². The largest absolute Gasteiger partial charge is 0.320 e. The van der Waals surface area contributed by atoms with Crippen molar-refractivity contribution in [3.05, 3.63) is 11.8 Å². The van der Waals surface area contributed by atoms with Gasteiger partial charge in [0.2, 0.25) is 5.91 Å². The quantitative estimate of drug-likeness (QED) is 0.807. The molecule has 1 aromatic rings. The van der Waals surface area contributed by atoms with Crippen molar-refractivity contribution in [2.45, 2.75) is 26.2 Å². The molecule has 1 aliphatic rings. The summed E-state index contributed by atoms with van der Waals surface area (Å²) in [4.78, 5) is 14.3. The van der Waals surface area contributed by atoms with Gasteiger partial charge in [0.1, 0.15) is 5.82 Å². The van der Waals surface area contributed by atoms with Crippen LogP contribution in [-0.4, -0.2) is 53.8 Å². The second-order valence-corrected chi connectivity index (χ2v) is 5.95. The van der Waals surface area contributed by atoms with Crippen molar-refractivity contribution in [2.24, 2.45) is 13.0 Å². The molecule has 134 valence electrons. The van der Waals surface area contributed by atoms with Crippen LogP contribution in [0.2, 0.25) is 0 Å². The Morgan fingerprint density at radius 1 is 1.35 bits per heavy atom. The number of halogens is 2. The van der Waals surface area contributed by atoms with E-state index in [4.69, 9.17) is 0 Å². The average molecular weight is 366 g/mol. The third kappa shape index (κ3) is 7.08. The minimum absolute atomic E-state index is 0. The number of carbonyl (C=O) groups is 1. The van der Waals surface area contributed by atoms with E-state index in [9.17, 15) is 4.79 Å². The van der Waals surface area contributed by atoms with Crippen LogP contribution in [0.25, 0.3) is 0 Å². The number of nitrogens with zero attached hydrogens (tertiary/aromatic N) is 3. The van der Waals surface area contributed by atoms with E-state index in [0.29, 0.717) is 6.54 Å². The topological polar surface area (TPSA) is 62.2 Å². The van der Waals surface area contributed by atoms with Gasteiger partial charge in [-0.15, -0.1) is 24.8 Å². The number of amides is 1. The molecule has 2 N–H and O–H groups in total. The van der Waals surface area contributed by atoms with Crippen LogP contribution in [-0.2, 0) is 11.8 Å². The summed E-state index contributed by atoms with van der Waals surface area (Å²) < 4.78 is 1.71. The molecule has 2 rings (SSSR count). The number of aromatic nitrogens is 2. The van der Waals surface area contributed by atoms with E-state index in [1.807, 2.05) is 27.1 Å². The van der Waals surface area contributed by atoms with Gasteiger partial charge >= 0.3 is 0 Å². The van der Waals surface area contributed by atoms with E-state index in [0.717, 1.165) is 37.1 Å². The monoisotopic (exact) mass is 365 g/mol. The highest BCUT2D eigenvalue weighted by Crippen LogP contribution is 2.19. The molecule has 0 aliphatic carbocycles. The highest BCUT2D eigenvalue weighted by molar-refractivity contribution is 5.91. The highest BCUT2D eigenvalue weighted by Gasteiger charge is 2.20. The Labute approximate surface area is 151 Å². The number of piperidine rings is 1. The van der Waals surface area contributed by atoms with Crippen LogP contribution in [0, 0.1) is 12.8 Å². The van der Waals surface area contributed by atoms with Gasteiger partial charge in [0.15, 0.2) is 0 Å². The fraction of sp³-hybridized carbons (Fsp3) is 0.733. The molecular formula is C15H29Cl2N5O. The molecule has 0 spiro atoms. The highest BCUT2D eigenvalue weighted by atomic mass is 35.5. The molecule has 6 nitrogen and oxygen atoms in total. The summed E-state index contributed by atoms with van der Waals surface area (Å²) in [6.45, 7) is 5.53. The molecule has 2 heterocycles. The van der Waals surface area contributed by atoms with Gasteiger partial charge in [-0.1, -0.05) is 0 Å². The van der Waals surface area contributed by atoms with Gasteiger partial charge in [0.25, 0.3) is 0 Å². The Balaban J connectivity index is 0.00000242. The molecule has 0 saturated carbocycles. The third-order valence-corrected chi connectivity index (χ3v) is 4.15. The number of rotatable bonds is 6. The minimum Gasteiger partial charge on any atom is -0.320 e. The number of likely N-dealkylation sites (tertiary alicyclic amines) is 1. The summed E-state index contributed by atoms with van der Waals surface area (Å²) in [5.41, 5.74) is 0.915. The molecule has 1 amide bonds. The summed E-state index contributed by atoms with van der Waals surface area (Å²) >= 11 is 0. The van der Waals surface area contributed by atoms with E-state index >= 15 is 0 Å². The number of anilines is 1. The molecule has 0 aromatic carbocycles. The van der Waals surface area contributed by atoms with Crippen molar-refractivity contribution < 1.29 is 4.79 Å². The summed E-state index contributed by atoms with van der Waals surface area (Å²) in [6, 6.07) is 1.89. The molecule has 0 atom stereocenters. The zero-order valence-corrected chi connectivity index (χ0v) is 15.8. The minimum atomic E-state index is 0. The van der Waals surface area contributed by atoms with Crippen LogP contribution in [0.4, 0.5) is 5.82 Å². The zero-order chi connectivity index (χ0) is 15.2. The molecule has 0 unspecified atom stereocenters. The molecular weight excluding hydrogens is 337 g/mol. The summed E-state index contributed by atoms with van der Waals surface area (Å²) in [6.07, 6.45) is 3.63. The zero-order valence-electron chi connectivity index (χ0n) is 14.2. The van der Waals surface area contributed by atoms with Gasteiger partial charge in [-0.3, -0.25) is 14.4 Å². The predicted octanol–water partition coefficient (Wildman–Crippen LogP) is 1.83. The van der Waals surface area contributed by atoms with Crippen molar-refractivity contribution in [3.63, 3.8) is 0 Å². The lowest BCUT2D eigenvalue weighted by Gasteiger charge is -2.31. The fourth-order valence-corrected chi connectivity index (χ4v) is 2.89. The molecule has 0 bridgehead atoms. The van der Waals surface area contributed by atoms with Crippen LogP contribution < -0.4 is 10.6 Å². The Morgan fingerprint density at radius 2 is 2.00 bits per heavy atom. The lowest BCUT2D eigenvalue weighted by molar-refractivity contribution is -0.117. The number of hydrogen-bond acceptors (Lipinski definition) is 4. The molecule has 8 heteroatoms. The first-order valence-electron chi connectivity index (χ1n) is 7.76. The van der Waals surface area contributed by atoms with Gasteiger partial charge in [-0.25, -0.2) is 0 Å². The van der Waals surface area contributed by atoms with Gasteiger partial charge in [0, 0.05) is 13.1 Å². The Hall–Kier alpha value is -0.820. The van der Waals surface area contributed by atoms with E-state index in [1.54, 1.807) is 4.68 Å². The maximum Gasteiger partial charge on any atom is 0.239 e. The van der Waals surface area contributed by atoms with Crippen molar-refractivity contribution >= 4 is 36.5 Å². The van der Waals surface area contributed by atoms with Crippen LogP contribution >= 0.6 is 24.8 Å². The van der Waals surface area contributed by atoms with Crippen LogP contribution in [0.3, 0.4) is 0 Å². The fourth-order valence-electron chi connectivity index (χ4n) is 2.89. The second kappa shape index (κ2) is 10.9. The van der Waals surface area contributed by atoms with Gasteiger partial charge in [-0.2, -0.15) is 5.10 Å². The summed E-state index contributed by atoms with van der Waals surface area (Å²) in [7, 11) is 3.84. The van der Waals surface area contributed by atoms with Crippen LogP contribution in [0.15, 0.2) is 6.07 Å². The molecule has 23 heavy (non-hydrogen) atoms. The Morgan fingerprint density at radius 3 is 2.52 bits per heavy atom. The van der Waals surface area contributed by atoms with Gasteiger partial charge in [-0.05, 0) is 58.8 Å². The van der Waals surface area contributed by atoms with E-state index in [-0.39, 0.29) is 30.7 Å². The van der Waals surface area contributed by atoms with Crippen LogP contribution in [0.1, 0.15) is 25.0 Å². The standard InChI is InChI=1S/C15H27N5O.2ClH/c1-12-10-14(19(3)18-12)17-15(21)11-20-8-5-13(6-9-20)4-7-16-2;;/h10,13,16H,4-9,11H2,1-3H3,(H,17,21);2*1H. The first-order valence-corrected chi connectivity index (χ1v) is 7.76. The molecule has 1 fully saturated rings. The third-order valence-electron chi connectivity index (χ3n) is 4.15. The second-order valence-electron chi connectivity index (χ2n) is 5.95. The maximum atomic E-state index is 12.1. The van der Waals surface area contributed by atoms with Crippen molar-refractivity contribution in [3.8, 4) is 0 Å². The first-order chi connectivity index (χ1) is 10.1. The average Bonchev–Trinajstić information content (AvgIpc) is 2.76. The van der Waals surface area contributed by atoms with Crippen LogP contribution in [0.5, 0.6) is 0 Å². The normalized spacial score (nSPS) is 15.6. The number of carbonyl (C=O) groups excluding carboxylic acids is 1. The van der Waals surface area contributed by atoms with E-state index < -0.39 is 0 Å². The molecule has 1 saturated heterocycles. The number of nitrogens with one attached hydrogen (secondary N) is 2. The number of aryl methyl sites for hydroxylation is 2. The van der Waals surface area contributed by atoms with E-state index in [1.165, 1.54) is 19.3 Å². The van der Waals surface area contributed by atoms with Crippen molar-refractivity contribution in [1.29, 1.82) is 0 Å². The lowest BCUT2D eigenvalue weighted by Crippen LogP contribution is -2.39. The van der Waals surface area contributed by atoms with Crippen molar-refractivity contribution in [1.82, 2.24) is 20.0 Å². The smallest absolute Gasteiger partial charge is 0.239 e. The van der Waals surface area contributed by atoms with Crippen molar-refractivity contribution in [2.75, 3.05) is 38.5 Å². The predicted molar refractivity (Wildman–Crippen MR) is 98.8 cm³/mol. The summed E-state index contributed by atoms with van der Waals surface area (Å²) in [5.74, 6) is 1.62. The molecule has 1 aromatic heterocycles. The Bertz CT molecular complexity index is 472. The Kier molecular flexibility index (Phi) is 10.5. The van der Waals surface area contributed by atoms with Gasteiger partial charge < -0.3 is 10.6 Å². The molecule has 1 aliphatic heterocycles. The number of hydrogen-bond donors (Lipinski definition) is 2. The molecule has 0 radical (unpaired) electrons. The first kappa shape index (κ1) is 22.2.